The molecule has 2 N–H and O–H groups in total. The van der Waals surface area contributed by atoms with E-state index in [4.69, 9.17) is 10.5 Å². The van der Waals surface area contributed by atoms with E-state index in [-0.39, 0.29) is 0 Å². The van der Waals surface area contributed by atoms with Crippen molar-refractivity contribution in [1.29, 1.82) is 0 Å². The van der Waals surface area contributed by atoms with Gasteiger partial charge in [0, 0.05) is 17.4 Å². The molecule has 0 radical (unpaired) electrons. The van der Waals surface area contributed by atoms with E-state index in [0.29, 0.717) is 16.2 Å². The maximum absolute atomic E-state index is 12.0. The summed E-state index contributed by atoms with van der Waals surface area (Å²) in [6, 6.07) is 5.11. The zero-order chi connectivity index (χ0) is 14.1. The van der Waals surface area contributed by atoms with Gasteiger partial charge in [0.25, 0.3) is 0 Å². The number of benzene rings is 1. The largest absolute Gasteiger partial charge is 0.496 e. The highest BCUT2D eigenvalue weighted by Gasteiger charge is 2.36. The van der Waals surface area contributed by atoms with E-state index in [1.54, 1.807) is 25.3 Å². The van der Waals surface area contributed by atoms with E-state index in [1.807, 2.05) is 0 Å². The SMILES string of the molecule is COc1cccc(S(C)(=O)=O)c1C1(N)CCCCC1. The molecule has 1 aromatic rings. The van der Waals surface area contributed by atoms with Gasteiger partial charge >= 0.3 is 0 Å². The fourth-order valence-electron chi connectivity index (χ4n) is 2.91. The lowest BCUT2D eigenvalue weighted by molar-refractivity contribution is 0.283. The first kappa shape index (κ1) is 14.3. The van der Waals surface area contributed by atoms with E-state index < -0.39 is 15.4 Å². The van der Waals surface area contributed by atoms with Crippen LogP contribution in [0.2, 0.25) is 0 Å². The van der Waals surface area contributed by atoms with Crippen LogP contribution in [0.4, 0.5) is 0 Å². The minimum atomic E-state index is -3.31. The van der Waals surface area contributed by atoms with E-state index in [1.165, 1.54) is 6.26 Å². The highest BCUT2D eigenvalue weighted by molar-refractivity contribution is 7.90. The topological polar surface area (TPSA) is 69.4 Å². The Morgan fingerprint density at radius 1 is 1.21 bits per heavy atom. The summed E-state index contributed by atoms with van der Waals surface area (Å²) in [5.74, 6) is 0.576. The first-order valence-electron chi connectivity index (χ1n) is 6.55. The molecule has 19 heavy (non-hydrogen) atoms. The van der Waals surface area contributed by atoms with Crippen LogP contribution in [0.5, 0.6) is 5.75 Å². The third kappa shape index (κ3) is 2.77. The van der Waals surface area contributed by atoms with Crippen molar-refractivity contribution in [3.63, 3.8) is 0 Å². The lowest BCUT2D eigenvalue weighted by Crippen LogP contribution is -2.40. The number of rotatable bonds is 3. The van der Waals surface area contributed by atoms with Gasteiger partial charge in [0.15, 0.2) is 9.84 Å². The molecule has 0 saturated heterocycles. The molecule has 0 unspecified atom stereocenters. The molecule has 5 heteroatoms. The van der Waals surface area contributed by atoms with E-state index in [0.717, 1.165) is 32.1 Å². The normalized spacial score (nSPS) is 19.1. The van der Waals surface area contributed by atoms with Crippen LogP contribution in [-0.4, -0.2) is 21.8 Å². The summed E-state index contributed by atoms with van der Waals surface area (Å²) in [5, 5.41) is 0. The van der Waals surface area contributed by atoms with Crippen molar-refractivity contribution in [2.75, 3.05) is 13.4 Å². The standard InChI is InChI=1S/C14H21NO3S/c1-18-11-7-6-8-12(19(2,16)17)13(11)14(15)9-4-3-5-10-14/h6-8H,3-5,9-10,15H2,1-2H3. The van der Waals surface area contributed by atoms with Gasteiger partial charge in [-0.15, -0.1) is 0 Å². The minimum absolute atomic E-state index is 0.302. The number of methoxy groups -OCH3 is 1. The van der Waals surface area contributed by atoms with Gasteiger partial charge in [-0.25, -0.2) is 8.42 Å². The zero-order valence-electron chi connectivity index (χ0n) is 11.5. The second-order valence-electron chi connectivity index (χ2n) is 5.32. The van der Waals surface area contributed by atoms with Crippen LogP contribution < -0.4 is 10.5 Å². The van der Waals surface area contributed by atoms with Gasteiger partial charge < -0.3 is 10.5 Å². The van der Waals surface area contributed by atoms with Gasteiger partial charge in [0.2, 0.25) is 0 Å². The van der Waals surface area contributed by atoms with E-state index in [2.05, 4.69) is 0 Å². The van der Waals surface area contributed by atoms with Gasteiger partial charge in [-0.1, -0.05) is 25.3 Å². The zero-order valence-corrected chi connectivity index (χ0v) is 12.3. The first-order chi connectivity index (χ1) is 8.88. The highest BCUT2D eigenvalue weighted by atomic mass is 32.2. The van der Waals surface area contributed by atoms with Crippen molar-refractivity contribution in [1.82, 2.24) is 0 Å². The van der Waals surface area contributed by atoms with Crippen molar-refractivity contribution in [3.8, 4) is 5.75 Å². The van der Waals surface area contributed by atoms with Crippen molar-refractivity contribution < 1.29 is 13.2 Å². The molecule has 2 rings (SSSR count). The van der Waals surface area contributed by atoms with Crippen molar-refractivity contribution in [2.45, 2.75) is 42.5 Å². The van der Waals surface area contributed by atoms with E-state index >= 15 is 0 Å². The second-order valence-corrected chi connectivity index (χ2v) is 7.31. The molecular formula is C14H21NO3S. The smallest absolute Gasteiger partial charge is 0.176 e. The Morgan fingerprint density at radius 2 is 1.84 bits per heavy atom. The molecule has 1 saturated carbocycles. The fraction of sp³-hybridized carbons (Fsp3) is 0.571. The van der Waals surface area contributed by atoms with Gasteiger partial charge in [0.05, 0.1) is 12.0 Å². The summed E-state index contributed by atoms with van der Waals surface area (Å²) >= 11 is 0. The van der Waals surface area contributed by atoms with Crippen LogP contribution in [0.1, 0.15) is 37.7 Å². The molecule has 0 spiro atoms. The predicted molar refractivity (Wildman–Crippen MR) is 75.1 cm³/mol. The summed E-state index contributed by atoms with van der Waals surface area (Å²) in [4.78, 5) is 0.302. The summed E-state index contributed by atoms with van der Waals surface area (Å²) in [6.45, 7) is 0. The Hall–Kier alpha value is -1.07. The molecular weight excluding hydrogens is 262 g/mol. The summed E-state index contributed by atoms with van der Waals surface area (Å²) in [5.41, 5.74) is 6.57. The Bertz CT molecular complexity index is 560. The fourth-order valence-corrected chi connectivity index (χ4v) is 3.91. The van der Waals surface area contributed by atoms with Crippen LogP contribution in [0, 0.1) is 0 Å². The second kappa shape index (κ2) is 5.13. The number of sulfone groups is 1. The number of ether oxygens (including phenoxy) is 1. The van der Waals surface area contributed by atoms with Gasteiger partial charge in [-0.2, -0.15) is 0 Å². The van der Waals surface area contributed by atoms with Crippen LogP contribution in [0.25, 0.3) is 0 Å². The van der Waals surface area contributed by atoms with Crippen molar-refractivity contribution in [2.24, 2.45) is 5.73 Å². The highest BCUT2D eigenvalue weighted by Crippen LogP contribution is 2.42. The molecule has 1 aliphatic rings. The lowest BCUT2D eigenvalue weighted by atomic mass is 9.77. The van der Waals surface area contributed by atoms with Crippen LogP contribution in [-0.2, 0) is 15.4 Å². The summed E-state index contributed by atoms with van der Waals surface area (Å²) < 4.78 is 29.3. The van der Waals surface area contributed by atoms with Crippen LogP contribution in [0.15, 0.2) is 23.1 Å². The van der Waals surface area contributed by atoms with E-state index in [9.17, 15) is 8.42 Å². The average Bonchev–Trinajstić information content (AvgIpc) is 2.37. The van der Waals surface area contributed by atoms with Crippen molar-refractivity contribution >= 4 is 9.84 Å². The summed E-state index contributed by atoms with van der Waals surface area (Å²) in [6.07, 6.45) is 6.03. The predicted octanol–water partition coefficient (Wildman–Crippen LogP) is 2.22. The molecule has 0 heterocycles. The molecule has 0 atom stereocenters. The molecule has 1 fully saturated rings. The third-order valence-corrected chi connectivity index (χ3v) is 4.99. The molecule has 0 aliphatic heterocycles. The van der Waals surface area contributed by atoms with Crippen molar-refractivity contribution in [3.05, 3.63) is 23.8 Å². The van der Waals surface area contributed by atoms with Gasteiger partial charge in [0.1, 0.15) is 5.75 Å². The maximum Gasteiger partial charge on any atom is 0.176 e. The first-order valence-corrected chi connectivity index (χ1v) is 8.44. The molecule has 0 amide bonds. The quantitative estimate of drug-likeness (QED) is 0.923. The number of hydrogen-bond acceptors (Lipinski definition) is 4. The Morgan fingerprint density at radius 3 is 2.37 bits per heavy atom. The monoisotopic (exact) mass is 283 g/mol. The van der Waals surface area contributed by atoms with Crippen LogP contribution in [0.3, 0.4) is 0 Å². The molecule has 1 aliphatic carbocycles. The molecule has 106 valence electrons. The maximum atomic E-state index is 12.0. The lowest BCUT2D eigenvalue weighted by Gasteiger charge is -2.36. The Balaban J connectivity index is 2.65. The third-order valence-electron chi connectivity index (χ3n) is 3.85. The van der Waals surface area contributed by atoms with Crippen LogP contribution >= 0.6 is 0 Å². The average molecular weight is 283 g/mol. The Labute approximate surface area is 114 Å². The van der Waals surface area contributed by atoms with Gasteiger partial charge in [-0.3, -0.25) is 0 Å². The Kier molecular flexibility index (Phi) is 3.87. The molecule has 4 nitrogen and oxygen atoms in total. The molecule has 1 aromatic carbocycles. The van der Waals surface area contributed by atoms with Gasteiger partial charge in [-0.05, 0) is 25.0 Å². The summed E-state index contributed by atoms with van der Waals surface area (Å²) in [7, 11) is -1.76. The molecule has 0 aromatic heterocycles. The number of hydrogen-bond donors (Lipinski definition) is 1. The minimum Gasteiger partial charge on any atom is -0.496 e. The number of nitrogens with two attached hydrogens (primary N) is 1. The molecule has 0 bridgehead atoms.